The van der Waals surface area contributed by atoms with Gasteiger partial charge in [-0.25, -0.2) is 0 Å². The first-order valence-corrected chi connectivity index (χ1v) is 8.62. The lowest BCUT2D eigenvalue weighted by Gasteiger charge is -2.08. The predicted molar refractivity (Wildman–Crippen MR) is 104 cm³/mol. The smallest absolute Gasteiger partial charge is 0.251 e. The monoisotopic (exact) mass is 363 g/mol. The zero-order chi connectivity index (χ0) is 19.2. The van der Waals surface area contributed by atoms with Crippen LogP contribution in [0.15, 0.2) is 53.1 Å². The van der Waals surface area contributed by atoms with Crippen LogP contribution in [0.5, 0.6) is 5.75 Å². The second-order valence-electron chi connectivity index (χ2n) is 6.27. The third-order valence-corrected chi connectivity index (χ3v) is 3.78. The molecule has 0 aliphatic rings. The molecule has 2 aromatic carbocycles. The first-order chi connectivity index (χ1) is 13.0. The van der Waals surface area contributed by atoms with E-state index >= 15 is 0 Å². The minimum absolute atomic E-state index is 0.0704. The fourth-order valence-electron chi connectivity index (χ4n) is 2.45. The second kappa shape index (κ2) is 8.31. The van der Waals surface area contributed by atoms with Crippen molar-refractivity contribution in [3.8, 4) is 17.1 Å². The lowest BCUT2D eigenvalue weighted by atomic mass is 10.1. The fraction of sp³-hybridized carbons (Fsp3) is 0.190. The van der Waals surface area contributed by atoms with Gasteiger partial charge in [-0.2, -0.15) is 4.98 Å². The van der Waals surface area contributed by atoms with Crippen LogP contribution in [0, 0.1) is 0 Å². The molecule has 138 valence electrons. The number of carbonyl (C=O) groups excluding carboxylic acids is 1. The van der Waals surface area contributed by atoms with Crippen molar-refractivity contribution in [3.63, 3.8) is 0 Å². The third kappa shape index (κ3) is 4.82. The standard InChI is InChI=1S/C21H21N3O3/c1-14(2)22-21(25)17-6-4-5-16(13-17)20-23-19(27-24-20)12-9-15-7-10-18(26-3)11-8-15/h4-14H,1-3H3,(H,22,25). The van der Waals surface area contributed by atoms with Crippen LogP contribution in [0.3, 0.4) is 0 Å². The first-order valence-electron chi connectivity index (χ1n) is 8.62. The summed E-state index contributed by atoms with van der Waals surface area (Å²) in [4.78, 5) is 16.5. The summed E-state index contributed by atoms with van der Waals surface area (Å²) >= 11 is 0. The Kier molecular flexibility index (Phi) is 5.66. The average Bonchev–Trinajstić information content (AvgIpc) is 3.15. The SMILES string of the molecule is COc1ccc(C=Cc2nc(-c3cccc(C(=O)NC(C)C)c3)no2)cc1. The number of hydrogen-bond acceptors (Lipinski definition) is 5. The summed E-state index contributed by atoms with van der Waals surface area (Å²) in [5, 5.41) is 6.86. The van der Waals surface area contributed by atoms with Gasteiger partial charge in [0, 0.05) is 23.2 Å². The molecule has 0 aliphatic heterocycles. The van der Waals surface area contributed by atoms with Crippen molar-refractivity contribution in [2.45, 2.75) is 19.9 Å². The number of benzene rings is 2. The van der Waals surface area contributed by atoms with E-state index in [1.807, 2.05) is 50.3 Å². The number of nitrogens with one attached hydrogen (secondary N) is 1. The summed E-state index contributed by atoms with van der Waals surface area (Å²) in [5.41, 5.74) is 2.27. The van der Waals surface area contributed by atoms with Gasteiger partial charge in [0.05, 0.1) is 7.11 Å². The highest BCUT2D eigenvalue weighted by molar-refractivity contribution is 5.95. The first kappa shape index (κ1) is 18.4. The van der Waals surface area contributed by atoms with E-state index in [1.54, 1.807) is 31.4 Å². The lowest BCUT2D eigenvalue weighted by Crippen LogP contribution is -2.30. The number of carbonyl (C=O) groups is 1. The van der Waals surface area contributed by atoms with Gasteiger partial charge in [-0.1, -0.05) is 29.4 Å². The number of methoxy groups -OCH3 is 1. The Morgan fingerprint density at radius 2 is 1.93 bits per heavy atom. The van der Waals surface area contributed by atoms with Crippen LogP contribution in [-0.4, -0.2) is 29.2 Å². The highest BCUT2D eigenvalue weighted by Gasteiger charge is 2.11. The fourth-order valence-corrected chi connectivity index (χ4v) is 2.45. The van der Waals surface area contributed by atoms with E-state index in [0.717, 1.165) is 16.9 Å². The molecule has 3 rings (SSSR count). The number of hydrogen-bond donors (Lipinski definition) is 1. The van der Waals surface area contributed by atoms with Crippen LogP contribution in [0.2, 0.25) is 0 Å². The summed E-state index contributed by atoms with van der Waals surface area (Å²) < 4.78 is 10.4. The molecule has 1 heterocycles. The van der Waals surface area contributed by atoms with E-state index < -0.39 is 0 Å². The van der Waals surface area contributed by atoms with E-state index in [0.29, 0.717) is 17.3 Å². The van der Waals surface area contributed by atoms with Crippen molar-refractivity contribution in [1.29, 1.82) is 0 Å². The predicted octanol–water partition coefficient (Wildman–Crippen LogP) is 4.05. The molecule has 0 fully saturated rings. The minimum atomic E-state index is -0.130. The lowest BCUT2D eigenvalue weighted by molar-refractivity contribution is 0.0943. The van der Waals surface area contributed by atoms with Crippen LogP contribution in [0.25, 0.3) is 23.5 Å². The summed E-state index contributed by atoms with van der Waals surface area (Å²) in [6.07, 6.45) is 3.62. The molecule has 0 radical (unpaired) electrons. The Morgan fingerprint density at radius 3 is 2.63 bits per heavy atom. The van der Waals surface area contributed by atoms with E-state index in [1.165, 1.54) is 0 Å². The maximum Gasteiger partial charge on any atom is 0.251 e. The van der Waals surface area contributed by atoms with Gasteiger partial charge in [-0.05, 0) is 49.8 Å². The molecule has 0 saturated heterocycles. The zero-order valence-corrected chi connectivity index (χ0v) is 15.5. The van der Waals surface area contributed by atoms with E-state index in [-0.39, 0.29) is 11.9 Å². The van der Waals surface area contributed by atoms with Crippen molar-refractivity contribution in [2.75, 3.05) is 7.11 Å². The van der Waals surface area contributed by atoms with Gasteiger partial charge in [0.25, 0.3) is 11.8 Å². The molecule has 0 spiro atoms. The molecule has 1 aromatic heterocycles. The molecular formula is C21H21N3O3. The van der Waals surface area contributed by atoms with Crippen LogP contribution in [-0.2, 0) is 0 Å². The maximum absolute atomic E-state index is 12.2. The van der Waals surface area contributed by atoms with E-state index in [2.05, 4.69) is 15.5 Å². The molecule has 0 saturated carbocycles. The van der Waals surface area contributed by atoms with Gasteiger partial charge in [0.1, 0.15) is 5.75 Å². The quantitative estimate of drug-likeness (QED) is 0.715. The third-order valence-electron chi connectivity index (χ3n) is 3.78. The maximum atomic E-state index is 12.2. The van der Waals surface area contributed by atoms with Gasteiger partial charge in [0.2, 0.25) is 5.82 Å². The Morgan fingerprint density at radius 1 is 1.15 bits per heavy atom. The molecule has 0 unspecified atom stereocenters. The van der Waals surface area contributed by atoms with Gasteiger partial charge < -0.3 is 14.6 Å². The van der Waals surface area contributed by atoms with Crippen molar-refractivity contribution in [2.24, 2.45) is 0 Å². The average molecular weight is 363 g/mol. The van der Waals surface area contributed by atoms with Crippen molar-refractivity contribution in [1.82, 2.24) is 15.5 Å². The molecular weight excluding hydrogens is 342 g/mol. The Labute approximate surface area is 157 Å². The van der Waals surface area contributed by atoms with Crippen molar-refractivity contribution < 1.29 is 14.1 Å². The molecule has 27 heavy (non-hydrogen) atoms. The van der Waals surface area contributed by atoms with Gasteiger partial charge in [-0.15, -0.1) is 0 Å². The summed E-state index contributed by atoms with van der Waals surface area (Å²) in [6.45, 7) is 3.84. The summed E-state index contributed by atoms with van der Waals surface area (Å²) in [7, 11) is 1.63. The van der Waals surface area contributed by atoms with Crippen LogP contribution >= 0.6 is 0 Å². The van der Waals surface area contributed by atoms with E-state index in [4.69, 9.17) is 9.26 Å². The van der Waals surface area contributed by atoms with Crippen LogP contribution < -0.4 is 10.1 Å². The Balaban J connectivity index is 1.75. The van der Waals surface area contributed by atoms with Crippen molar-refractivity contribution in [3.05, 3.63) is 65.5 Å². The summed E-state index contributed by atoms with van der Waals surface area (Å²) in [6, 6.07) is 14.8. The topological polar surface area (TPSA) is 77.2 Å². The largest absolute Gasteiger partial charge is 0.497 e. The van der Waals surface area contributed by atoms with Gasteiger partial charge in [0.15, 0.2) is 0 Å². The van der Waals surface area contributed by atoms with Crippen LogP contribution in [0.4, 0.5) is 0 Å². The number of ether oxygens (including phenoxy) is 1. The number of amides is 1. The summed E-state index contributed by atoms with van der Waals surface area (Å²) in [5.74, 6) is 1.49. The molecule has 0 aliphatic carbocycles. The molecule has 6 heteroatoms. The van der Waals surface area contributed by atoms with Gasteiger partial charge >= 0.3 is 0 Å². The molecule has 0 bridgehead atoms. The number of nitrogens with zero attached hydrogens (tertiary/aromatic N) is 2. The Hall–Kier alpha value is -3.41. The molecule has 1 amide bonds. The highest BCUT2D eigenvalue weighted by atomic mass is 16.5. The molecule has 1 N–H and O–H groups in total. The Bertz CT molecular complexity index is 943. The highest BCUT2D eigenvalue weighted by Crippen LogP contribution is 2.19. The molecule has 3 aromatic rings. The van der Waals surface area contributed by atoms with Gasteiger partial charge in [-0.3, -0.25) is 4.79 Å². The zero-order valence-electron chi connectivity index (χ0n) is 15.5. The molecule has 0 atom stereocenters. The number of aromatic nitrogens is 2. The molecule has 6 nitrogen and oxygen atoms in total. The van der Waals surface area contributed by atoms with E-state index in [9.17, 15) is 4.79 Å². The van der Waals surface area contributed by atoms with Crippen LogP contribution in [0.1, 0.15) is 35.7 Å². The minimum Gasteiger partial charge on any atom is -0.497 e. The van der Waals surface area contributed by atoms with Crippen molar-refractivity contribution >= 4 is 18.1 Å². The second-order valence-corrected chi connectivity index (χ2v) is 6.27. The number of rotatable bonds is 6. The normalized spacial score (nSPS) is 11.1.